The number of piperazine rings is 1. The zero-order chi connectivity index (χ0) is 31.2. The zero-order valence-corrected chi connectivity index (χ0v) is 28.1. The van der Waals surface area contributed by atoms with Crippen LogP contribution in [0.2, 0.25) is 0 Å². The first-order valence-electron chi connectivity index (χ1n) is 14.6. The molecule has 1 aromatic carbocycles. The molecule has 1 saturated heterocycles. The van der Waals surface area contributed by atoms with Gasteiger partial charge in [0.25, 0.3) is 5.56 Å². The number of anilines is 1. The van der Waals surface area contributed by atoms with Gasteiger partial charge in [-0.2, -0.15) is 0 Å². The third-order valence-corrected chi connectivity index (χ3v) is 9.74. The molecule has 0 aliphatic carbocycles. The van der Waals surface area contributed by atoms with Gasteiger partial charge in [-0.05, 0) is 88.9 Å². The summed E-state index contributed by atoms with van der Waals surface area (Å²) in [6.07, 6.45) is 1.59. The Morgan fingerprint density at radius 3 is 2.37 bits per heavy atom. The first-order valence-corrected chi connectivity index (χ1v) is 16.3. The van der Waals surface area contributed by atoms with Crippen molar-refractivity contribution in [3.8, 4) is 5.69 Å². The Kier molecular flexibility index (Phi) is 8.59. The smallest absolute Gasteiger partial charge is 0.410 e. The van der Waals surface area contributed by atoms with E-state index in [9.17, 15) is 9.59 Å². The van der Waals surface area contributed by atoms with E-state index in [0.29, 0.717) is 41.9 Å². The van der Waals surface area contributed by atoms with Gasteiger partial charge in [0.15, 0.2) is 10.3 Å². The van der Waals surface area contributed by atoms with Crippen LogP contribution >= 0.6 is 23.1 Å². The molecule has 43 heavy (non-hydrogen) atoms. The number of nitrogens with zero attached hydrogens (tertiary/aromatic N) is 6. The summed E-state index contributed by atoms with van der Waals surface area (Å²) in [6, 6.07) is 5.98. The van der Waals surface area contributed by atoms with Crippen LogP contribution in [0.5, 0.6) is 0 Å². The lowest BCUT2D eigenvalue weighted by Gasteiger charge is -2.37. The lowest BCUT2D eigenvalue weighted by Crippen LogP contribution is -2.50. The monoisotopic (exact) mass is 620 g/mol. The van der Waals surface area contributed by atoms with Gasteiger partial charge in [-0.3, -0.25) is 9.36 Å². The third-order valence-electron chi connectivity index (χ3n) is 7.80. The summed E-state index contributed by atoms with van der Waals surface area (Å²) in [5, 5.41) is 1.71. The number of amides is 1. The molecule has 9 nitrogen and oxygen atoms in total. The highest BCUT2D eigenvalue weighted by atomic mass is 32.2. The topological polar surface area (TPSA) is 93.5 Å². The lowest BCUT2D eigenvalue weighted by molar-refractivity contribution is 0.0240. The Morgan fingerprint density at radius 2 is 1.72 bits per heavy atom. The van der Waals surface area contributed by atoms with Crippen molar-refractivity contribution in [2.24, 2.45) is 0 Å². The standard InChI is InChI=1S/C32H40N6O3S2/c1-18(2)23-17-33-29(34-26(23)36-13-15-37(16-14-36)31(40)41-32(7,8)9)43-30-35-27-25(21(5)22(6)42-27)28(39)38(30)24-12-10-11-19(3)20(24)4/h10-12,17-18H,13-16H2,1-9H3. The van der Waals surface area contributed by atoms with E-state index < -0.39 is 5.60 Å². The van der Waals surface area contributed by atoms with Crippen LogP contribution in [0.3, 0.4) is 0 Å². The Bertz CT molecular complexity index is 1750. The van der Waals surface area contributed by atoms with Crippen LogP contribution in [0.15, 0.2) is 39.5 Å². The zero-order valence-electron chi connectivity index (χ0n) is 26.4. The third kappa shape index (κ3) is 6.28. The number of carbonyl (C=O) groups is 1. The number of aromatic nitrogens is 4. The van der Waals surface area contributed by atoms with Crippen molar-refractivity contribution in [3.05, 3.63) is 61.9 Å². The summed E-state index contributed by atoms with van der Waals surface area (Å²) < 4.78 is 7.30. The Balaban J connectivity index is 1.53. The average molecular weight is 621 g/mol. The molecule has 11 heteroatoms. The summed E-state index contributed by atoms with van der Waals surface area (Å²) in [7, 11) is 0. The second-order valence-electron chi connectivity index (χ2n) is 12.4. The van der Waals surface area contributed by atoms with E-state index in [2.05, 4.69) is 18.7 Å². The number of carbonyl (C=O) groups excluding carboxylic acids is 1. The molecular weight excluding hydrogens is 581 g/mol. The summed E-state index contributed by atoms with van der Waals surface area (Å²) in [5.41, 5.74) is 4.32. The Labute approximate surface area is 261 Å². The summed E-state index contributed by atoms with van der Waals surface area (Å²) in [6.45, 7) is 20.3. The predicted molar refractivity (Wildman–Crippen MR) is 174 cm³/mol. The lowest BCUT2D eigenvalue weighted by atomic mass is 10.1. The molecule has 1 aliphatic heterocycles. The first kappa shape index (κ1) is 31.0. The maximum absolute atomic E-state index is 14.1. The number of thiophene rings is 1. The molecule has 4 heterocycles. The van der Waals surface area contributed by atoms with Crippen molar-refractivity contribution < 1.29 is 9.53 Å². The van der Waals surface area contributed by atoms with Gasteiger partial charge < -0.3 is 14.5 Å². The number of aryl methyl sites for hydroxylation is 3. The van der Waals surface area contributed by atoms with E-state index in [4.69, 9.17) is 19.7 Å². The van der Waals surface area contributed by atoms with Gasteiger partial charge in [-0.25, -0.2) is 19.7 Å². The fourth-order valence-corrected chi connectivity index (χ4v) is 7.01. The Hall–Kier alpha value is -3.44. The molecule has 1 fully saturated rings. The molecule has 3 aromatic heterocycles. The van der Waals surface area contributed by atoms with E-state index in [1.807, 2.05) is 72.9 Å². The van der Waals surface area contributed by atoms with E-state index in [1.165, 1.54) is 23.1 Å². The van der Waals surface area contributed by atoms with E-state index >= 15 is 0 Å². The predicted octanol–water partition coefficient (Wildman–Crippen LogP) is 6.80. The molecule has 0 unspecified atom stereocenters. The molecule has 0 N–H and O–H groups in total. The van der Waals surface area contributed by atoms with Crippen molar-refractivity contribution in [3.63, 3.8) is 0 Å². The number of benzene rings is 1. The molecule has 1 aliphatic rings. The van der Waals surface area contributed by atoms with Crippen molar-refractivity contribution in [2.75, 3.05) is 31.1 Å². The van der Waals surface area contributed by atoms with Crippen molar-refractivity contribution in [1.29, 1.82) is 0 Å². The Morgan fingerprint density at radius 1 is 1.02 bits per heavy atom. The minimum atomic E-state index is -0.535. The van der Waals surface area contributed by atoms with E-state index in [1.54, 1.807) is 9.47 Å². The van der Waals surface area contributed by atoms with Gasteiger partial charge >= 0.3 is 6.09 Å². The van der Waals surface area contributed by atoms with Crippen LogP contribution in [-0.4, -0.2) is 62.3 Å². The largest absolute Gasteiger partial charge is 0.444 e. The molecule has 0 atom stereocenters. The van der Waals surface area contributed by atoms with Crippen LogP contribution in [-0.2, 0) is 4.74 Å². The molecule has 1 amide bonds. The summed E-state index contributed by atoms with van der Waals surface area (Å²) in [4.78, 5) is 47.3. The van der Waals surface area contributed by atoms with Gasteiger partial charge in [-0.1, -0.05) is 26.0 Å². The van der Waals surface area contributed by atoms with Gasteiger partial charge in [0, 0.05) is 42.8 Å². The molecule has 0 radical (unpaired) electrons. The number of rotatable bonds is 5. The number of ether oxygens (including phenoxy) is 1. The molecule has 0 bridgehead atoms. The second-order valence-corrected chi connectivity index (χ2v) is 14.5. The van der Waals surface area contributed by atoms with Crippen LogP contribution in [0.25, 0.3) is 15.9 Å². The molecule has 5 rings (SSSR count). The quantitative estimate of drug-likeness (QED) is 0.225. The average Bonchev–Trinajstić information content (AvgIpc) is 3.22. The molecular formula is C32H40N6O3S2. The fourth-order valence-electron chi connectivity index (χ4n) is 5.12. The summed E-state index contributed by atoms with van der Waals surface area (Å²) >= 11 is 2.84. The molecule has 4 aromatic rings. The second kappa shape index (κ2) is 11.9. The fraction of sp³-hybridized carbons (Fsp3) is 0.469. The number of hydrogen-bond donors (Lipinski definition) is 0. The highest BCUT2D eigenvalue weighted by Gasteiger charge is 2.28. The summed E-state index contributed by atoms with van der Waals surface area (Å²) in [5.74, 6) is 1.05. The van der Waals surface area contributed by atoms with E-state index in [-0.39, 0.29) is 17.6 Å². The number of hydrogen-bond acceptors (Lipinski definition) is 9. The molecule has 0 spiro atoms. The van der Waals surface area contributed by atoms with Gasteiger partial charge in [0.1, 0.15) is 16.2 Å². The SMILES string of the molecule is Cc1cccc(-n2c(Sc3ncc(C(C)C)c(N4CCN(C(=O)OC(C)(C)C)CC4)n3)nc3sc(C)c(C)c3c2=O)c1C. The van der Waals surface area contributed by atoms with Crippen LogP contribution in [0.1, 0.15) is 67.7 Å². The van der Waals surface area contributed by atoms with Gasteiger partial charge in [0.2, 0.25) is 0 Å². The van der Waals surface area contributed by atoms with Crippen molar-refractivity contribution in [2.45, 2.75) is 84.1 Å². The molecule has 228 valence electrons. The van der Waals surface area contributed by atoms with E-state index in [0.717, 1.165) is 43.5 Å². The van der Waals surface area contributed by atoms with Gasteiger partial charge in [0.05, 0.1) is 11.1 Å². The van der Waals surface area contributed by atoms with Crippen LogP contribution in [0, 0.1) is 27.7 Å². The maximum Gasteiger partial charge on any atom is 0.410 e. The minimum absolute atomic E-state index is 0.0830. The normalized spacial score (nSPS) is 14.2. The number of fused-ring (bicyclic) bond motifs is 1. The van der Waals surface area contributed by atoms with Crippen molar-refractivity contribution >= 4 is 45.2 Å². The van der Waals surface area contributed by atoms with Crippen LogP contribution < -0.4 is 10.5 Å². The molecule has 0 saturated carbocycles. The maximum atomic E-state index is 14.1. The first-order chi connectivity index (χ1) is 20.2. The van der Waals surface area contributed by atoms with Gasteiger partial charge in [-0.15, -0.1) is 11.3 Å². The highest BCUT2D eigenvalue weighted by molar-refractivity contribution is 7.99. The van der Waals surface area contributed by atoms with Crippen LogP contribution in [0.4, 0.5) is 10.6 Å². The van der Waals surface area contributed by atoms with Crippen molar-refractivity contribution in [1.82, 2.24) is 24.4 Å². The minimum Gasteiger partial charge on any atom is -0.444 e. The highest BCUT2D eigenvalue weighted by Crippen LogP contribution is 2.34.